The van der Waals surface area contributed by atoms with Gasteiger partial charge in [0.05, 0.1) is 5.92 Å². The number of hydrogen-bond donors (Lipinski definition) is 1. The Morgan fingerprint density at radius 1 is 0.952 bits per heavy atom. The zero-order chi connectivity index (χ0) is 29.8. The molecule has 220 valence electrons. The lowest BCUT2D eigenvalue weighted by Gasteiger charge is -2.38. The predicted molar refractivity (Wildman–Crippen MR) is 163 cm³/mol. The molecule has 5 rings (SSSR count). The van der Waals surface area contributed by atoms with E-state index in [9.17, 15) is 14.4 Å². The van der Waals surface area contributed by atoms with Gasteiger partial charge in [-0.3, -0.25) is 19.3 Å². The quantitative estimate of drug-likeness (QED) is 0.360. The topological polar surface area (TPSA) is 79.0 Å². The highest BCUT2D eigenvalue weighted by molar-refractivity contribution is 6.07. The molecule has 0 radical (unpaired) electrons. The Labute approximate surface area is 248 Å². The molecule has 0 aromatic heterocycles. The van der Waals surface area contributed by atoms with E-state index in [1.54, 1.807) is 11.0 Å². The molecule has 3 aromatic rings. The maximum Gasteiger partial charge on any atom is 0.247 e. The van der Waals surface area contributed by atoms with E-state index in [2.05, 4.69) is 37.9 Å². The van der Waals surface area contributed by atoms with Gasteiger partial charge < -0.3 is 15.0 Å². The molecule has 2 amide bonds. The number of nitrogens with one attached hydrogen (secondary N) is 1. The molecule has 1 heterocycles. The minimum Gasteiger partial charge on any atom is -0.489 e. The standard InChI is InChI=1S/C35H41N3O4/c1-23(2)37(24(3)4)19-17-36-34(40)33-28-15-14-27(42-22-25-10-6-5-7-11-25)20-26(28)16-18-38(33)35(41)31-21-32(39)30-13-9-8-12-29(30)31/h5-15,20,23-24,31,33H,16-19,21-22H2,1-4H3,(H,36,40). The lowest BCUT2D eigenvalue weighted by atomic mass is 9.89. The summed E-state index contributed by atoms with van der Waals surface area (Å²) in [5.74, 6) is -0.236. The molecule has 7 heteroatoms. The van der Waals surface area contributed by atoms with E-state index in [-0.39, 0.29) is 24.0 Å². The van der Waals surface area contributed by atoms with E-state index < -0.39 is 12.0 Å². The summed E-state index contributed by atoms with van der Waals surface area (Å²) >= 11 is 0. The van der Waals surface area contributed by atoms with Gasteiger partial charge in [0.25, 0.3) is 0 Å². The van der Waals surface area contributed by atoms with Gasteiger partial charge in [-0.05, 0) is 68.5 Å². The second-order valence-corrected chi connectivity index (χ2v) is 11.8. The van der Waals surface area contributed by atoms with Crippen LogP contribution in [-0.2, 0) is 22.6 Å². The molecule has 1 aliphatic heterocycles. The normalized spacial score (nSPS) is 17.9. The van der Waals surface area contributed by atoms with Crippen molar-refractivity contribution in [1.82, 2.24) is 15.1 Å². The SMILES string of the molecule is CC(C)N(CCNC(=O)C1c2ccc(OCc3ccccc3)cc2CCN1C(=O)C1CC(=O)c2ccccc21)C(C)C. The molecule has 0 saturated carbocycles. The van der Waals surface area contributed by atoms with Crippen LogP contribution in [0.15, 0.2) is 72.8 Å². The first-order valence-electron chi connectivity index (χ1n) is 15.0. The Bertz CT molecular complexity index is 1430. The Kier molecular flexibility index (Phi) is 9.07. The summed E-state index contributed by atoms with van der Waals surface area (Å²) in [6.45, 7) is 10.6. The van der Waals surface area contributed by atoms with Crippen molar-refractivity contribution in [1.29, 1.82) is 0 Å². The van der Waals surface area contributed by atoms with Crippen molar-refractivity contribution in [3.63, 3.8) is 0 Å². The van der Waals surface area contributed by atoms with Crippen LogP contribution in [0.2, 0.25) is 0 Å². The molecule has 0 fully saturated rings. The van der Waals surface area contributed by atoms with Gasteiger partial charge in [-0.2, -0.15) is 0 Å². The summed E-state index contributed by atoms with van der Waals surface area (Å²) in [5, 5.41) is 3.13. The van der Waals surface area contributed by atoms with Crippen LogP contribution in [0.4, 0.5) is 0 Å². The van der Waals surface area contributed by atoms with E-state index in [1.165, 1.54) is 0 Å². The number of ketones is 1. The molecule has 0 bridgehead atoms. The molecular formula is C35H41N3O4. The molecule has 42 heavy (non-hydrogen) atoms. The fourth-order valence-corrected chi connectivity index (χ4v) is 6.35. The van der Waals surface area contributed by atoms with Crippen LogP contribution in [0.5, 0.6) is 5.75 Å². The number of carbonyl (C=O) groups is 3. The van der Waals surface area contributed by atoms with E-state index >= 15 is 0 Å². The third-order valence-corrected chi connectivity index (χ3v) is 8.44. The van der Waals surface area contributed by atoms with Crippen molar-refractivity contribution < 1.29 is 19.1 Å². The van der Waals surface area contributed by atoms with Gasteiger partial charge in [-0.25, -0.2) is 0 Å². The third kappa shape index (κ3) is 6.26. The van der Waals surface area contributed by atoms with Crippen molar-refractivity contribution in [3.05, 3.63) is 101 Å². The van der Waals surface area contributed by atoms with E-state index in [0.717, 1.165) is 28.0 Å². The van der Waals surface area contributed by atoms with Crippen molar-refractivity contribution in [2.24, 2.45) is 0 Å². The van der Waals surface area contributed by atoms with Crippen LogP contribution in [0.3, 0.4) is 0 Å². The molecule has 1 N–H and O–H groups in total. The zero-order valence-corrected chi connectivity index (χ0v) is 25.0. The average Bonchev–Trinajstić information content (AvgIpc) is 3.33. The van der Waals surface area contributed by atoms with E-state index in [0.29, 0.717) is 50.3 Å². The minimum absolute atomic E-state index is 0.0231. The summed E-state index contributed by atoms with van der Waals surface area (Å²) < 4.78 is 6.07. The van der Waals surface area contributed by atoms with Gasteiger partial charge in [-0.1, -0.05) is 60.7 Å². The summed E-state index contributed by atoms with van der Waals surface area (Å²) in [5.41, 5.74) is 4.25. The Balaban J connectivity index is 1.39. The number of rotatable bonds is 10. The second-order valence-electron chi connectivity index (χ2n) is 11.8. The Morgan fingerprint density at radius 3 is 2.40 bits per heavy atom. The van der Waals surface area contributed by atoms with Gasteiger partial charge in [0.1, 0.15) is 18.4 Å². The van der Waals surface area contributed by atoms with Crippen LogP contribution in [0.25, 0.3) is 0 Å². The summed E-state index contributed by atoms with van der Waals surface area (Å²) in [6, 6.07) is 23.0. The number of nitrogens with zero attached hydrogens (tertiary/aromatic N) is 2. The van der Waals surface area contributed by atoms with E-state index in [1.807, 2.05) is 66.7 Å². The monoisotopic (exact) mass is 567 g/mol. The van der Waals surface area contributed by atoms with Crippen LogP contribution >= 0.6 is 0 Å². The van der Waals surface area contributed by atoms with Crippen molar-refractivity contribution in [3.8, 4) is 5.75 Å². The molecule has 1 aliphatic carbocycles. The average molecular weight is 568 g/mol. The first-order valence-corrected chi connectivity index (χ1v) is 15.0. The number of ether oxygens (including phenoxy) is 1. The van der Waals surface area contributed by atoms with Gasteiger partial charge in [-0.15, -0.1) is 0 Å². The Morgan fingerprint density at radius 2 is 1.67 bits per heavy atom. The highest BCUT2D eigenvalue weighted by Crippen LogP contribution is 2.39. The molecule has 7 nitrogen and oxygen atoms in total. The number of fused-ring (bicyclic) bond motifs is 2. The molecule has 2 unspecified atom stereocenters. The summed E-state index contributed by atoms with van der Waals surface area (Å²) in [6.07, 6.45) is 0.740. The fourth-order valence-electron chi connectivity index (χ4n) is 6.35. The van der Waals surface area contributed by atoms with Gasteiger partial charge in [0.2, 0.25) is 11.8 Å². The van der Waals surface area contributed by atoms with Crippen molar-refractivity contribution in [2.45, 2.75) is 71.2 Å². The van der Waals surface area contributed by atoms with Crippen LogP contribution in [0, 0.1) is 0 Å². The molecule has 2 atom stereocenters. The zero-order valence-electron chi connectivity index (χ0n) is 25.0. The summed E-state index contributed by atoms with van der Waals surface area (Å²) in [4.78, 5) is 44.7. The number of benzene rings is 3. The molecule has 0 saturated heterocycles. The first kappa shape index (κ1) is 29.5. The smallest absolute Gasteiger partial charge is 0.247 e. The van der Waals surface area contributed by atoms with Crippen LogP contribution in [0.1, 0.15) is 78.7 Å². The molecule has 3 aromatic carbocycles. The van der Waals surface area contributed by atoms with Crippen molar-refractivity contribution in [2.75, 3.05) is 19.6 Å². The second kappa shape index (κ2) is 12.9. The maximum atomic E-state index is 14.1. The molecular weight excluding hydrogens is 526 g/mol. The first-order chi connectivity index (χ1) is 20.2. The van der Waals surface area contributed by atoms with Crippen LogP contribution in [-0.4, -0.2) is 59.1 Å². The van der Waals surface area contributed by atoms with Crippen LogP contribution < -0.4 is 10.1 Å². The number of amides is 2. The fraction of sp³-hybridized carbons (Fsp3) is 0.400. The number of Topliss-reactive ketones (excluding diaryl/α,β-unsaturated/α-hetero) is 1. The molecule has 2 aliphatic rings. The highest BCUT2D eigenvalue weighted by atomic mass is 16.5. The lowest BCUT2D eigenvalue weighted by Crippen LogP contribution is -2.50. The number of hydrogen-bond acceptors (Lipinski definition) is 5. The van der Waals surface area contributed by atoms with Gasteiger partial charge >= 0.3 is 0 Å². The highest BCUT2D eigenvalue weighted by Gasteiger charge is 2.42. The van der Waals surface area contributed by atoms with Gasteiger partial charge in [0.15, 0.2) is 5.78 Å². The minimum atomic E-state index is -0.779. The summed E-state index contributed by atoms with van der Waals surface area (Å²) in [7, 11) is 0. The molecule has 0 spiro atoms. The Hall–Kier alpha value is -3.97. The third-order valence-electron chi connectivity index (χ3n) is 8.44. The van der Waals surface area contributed by atoms with E-state index in [4.69, 9.17) is 4.74 Å². The maximum absolute atomic E-state index is 14.1. The largest absolute Gasteiger partial charge is 0.489 e. The lowest BCUT2D eigenvalue weighted by molar-refractivity contribution is -0.142. The van der Waals surface area contributed by atoms with Gasteiger partial charge in [0, 0.05) is 43.7 Å². The predicted octanol–water partition coefficient (Wildman–Crippen LogP) is 5.30. The van der Waals surface area contributed by atoms with Crippen molar-refractivity contribution >= 4 is 17.6 Å². The number of carbonyl (C=O) groups excluding carboxylic acids is 3.